The predicted octanol–water partition coefficient (Wildman–Crippen LogP) is 1.06. The van der Waals surface area contributed by atoms with Crippen molar-refractivity contribution in [2.24, 2.45) is 10.8 Å². The van der Waals surface area contributed by atoms with Crippen molar-refractivity contribution in [3.8, 4) is 0 Å². The zero-order chi connectivity index (χ0) is 15.6. The molecule has 2 heterocycles. The van der Waals surface area contributed by atoms with E-state index in [1.54, 1.807) is 12.1 Å². The first-order chi connectivity index (χ1) is 10.6. The molecule has 1 atom stereocenters. The summed E-state index contributed by atoms with van der Waals surface area (Å²) >= 11 is 0. The Balaban J connectivity index is 1.63. The van der Waals surface area contributed by atoms with Gasteiger partial charge in [-0.1, -0.05) is 12.1 Å². The van der Waals surface area contributed by atoms with Gasteiger partial charge in [-0.15, -0.1) is 0 Å². The molecule has 1 aromatic carbocycles. The van der Waals surface area contributed by atoms with E-state index in [1.165, 1.54) is 12.1 Å². The van der Waals surface area contributed by atoms with Crippen molar-refractivity contribution >= 4 is 0 Å². The zero-order valence-electron chi connectivity index (χ0n) is 12.8. The molecule has 2 fully saturated rings. The molecule has 122 valence electrons. The minimum absolute atomic E-state index is 0.124. The van der Waals surface area contributed by atoms with Crippen molar-refractivity contribution in [2.75, 3.05) is 46.1 Å². The molecule has 3 rings (SSSR count). The number of aliphatic hydroxyl groups excluding tert-OH is 2. The second kappa shape index (κ2) is 6.24. The minimum Gasteiger partial charge on any atom is -0.396 e. The normalized spacial score (nSPS) is 27.8. The fraction of sp³-hybridized carbons (Fsp3) is 0.647. The summed E-state index contributed by atoms with van der Waals surface area (Å²) in [7, 11) is 0. The molecular formula is C17H24FNO3. The summed E-state index contributed by atoms with van der Waals surface area (Å²) in [6.45, 7) is 4.05. The Bertz CT molecular complexity index is 498. The molecule has 2 aliphatic rings. The van der Waals surface area contributed by atoms with Gasteiger partial charge >= 0.3 is 0 Å². The molecule has 2 saturated heterocycles. The van der Waals surface area contributed by atoms with E-state index in [9.17, 15) is 14.6 Å². The third-order valence-corrected chi connectivity index (χ3v) is 5.06. The fourth-order valence-electron chi connectivity index (χ4n) is 3.62. The summed E-state index contributed by atoms with van der Waals surface area (Å²) in [5, 5.41) is 19.5. The topological polar surface area (TPSA) is 52.9 Å². The molecule has 2 N–H and O–H groups in total. The van der Waals surface area contributed by atoms with E-state index in [2.05, 4.69) is 4.90 Å². The SMILES string of the molecule is OCC1(CN2CCC(CO)(Cc3ccc(F)cc3)C2)COC1. The van der Waals surface area contributed by atoms with Crippen LogP contribution in [0.5, 0.6) is 0 Å². The second-order valence-electron chi connectivity index (χ2n) is 7.07. The molecule has 0 aliphatic carbocycles. The maximum atomic E-state index is 13.0. The van der Waals surface area contributed by atoms with Gasteiger partial charge in [0.05, 0.1) is 31.8 Å². The van der Waals surface area contributed by atoms with Gasteiger partial charge in [0.1, 0.15) is 5.82 Å². The van der Waals surface area contributed by atoms with Crippen LogP contribution in [0, 0.1) is 16.6 Å². The molecule has 4 nitrogen and oxygen atoms in total. The number of ether oxygens (including phenoxy) is 1. The van der Waals surface area contributed by atoms with Gasteiger partial charge in [0.2, 0.25) is 0 Å². The number of rotatable bonds is 6. The van der Waals surface area contributed by atoms with Crippen molar-refractivity contribution in [2.45, 2.75) is 12.8 Å². The van der Waals surface area contributed by atoms with Gasteiger partial charge in [0, 0.05) is 18.5 Å². The Morgan fingerprint density at radius 3 is 2.32 bits per heavy atom. The molecule has 0 amide bonds. The largest absolute Gasteiger partial charge is 0.396 e. The molecule has 0 bridgehead atoms. The average molecular weight is 309 g/mol. The van der Waals surface area contributed by atoms with Gasteiger partial charge in [0.25, 0.3) is 0 Å². The third-order valence-electron chi connectivity index (χ3n) is 5.06. The van der Waals surface area contributed by atoms with Gasteiger partial charge in [-0.25, -0.2) is 4.39 Å². The molecule has 1 unspecified atom stereocenters. The molecule has 0 saturated carbocycles. The minimum atomic E-state index is -0.232. The summed E-state index contributed by atoms with van der Waals surface area (Å²) in [4.78, 5) is 2.32. The molecule has 0 radical (unpaired) electrons. The van der Waals surface area contributed by atoms with Crippen LogP contribution in [0.1, 0.15) is 12.0 Å². The highest BCUT2D eigenvalue weighted by Crippen LogP contribution is 2.37. The van der Waals surface area contributed by atoms with Crippen LogP contribution in [0.4, 0.5) is 4.39 Å². The molecule has 5 heteroatoms. The average Bonchev–Trinajstić information content (AvgIpc) is 2.89. The van der Waals surface area contributed by atoms with Crippen molar-refractivity contribution in [3.63, 3.8) is 0 Å². The smallest absolute Gasteiger partial charge is 0.123 e. The molecule has 0 aromatic heterocycles. The van der Waals surface area contributed by atoms with Gasteiger partial charge in [-0.3, -0.25) is 0 Å². The van der Waals surface area contributed by atoms with Gasteiger partial charge in [-0.2, -0.15) is 0 Å². The predicted molar refractivity (Wildman–Crippen MR) is 81.0 cm³/mol. The summed E-state index contributed by atoms with van der Waals surface area (Å²) in [5.74, 6) is -0.232. The van der Waals surface area contributed by atoms with Crippen molar-refractivity contribution in [1.82, 2.24) is 4.90 Å². The van der Waals surface area contributed by atoms with Crippen LogP contribution in [-0.2, 0) is 11.2 Å². The van der Waals surface area contributed by atoms with Gasteiger partial charge in [-0.05, 0) is 37.1 Å². The molecular weight excluding hydrogens is 285 g/mol. The van der Waals surface area contributed by atoms with Crippen LogP contribution >= 0.6 is 0 Å². The van der Waals surface area contributed by atoms with Crippen LogP contribution in [0.15, 0.2) is 24.3 Å². The van der Waals surface area contributed by atoms with E-state index in [0.29, 0.717) is 13.2 Å². The summed E-state index contributed by atoms with van der Waals surface area (Å²) < 4.78 is 18.3. The Kier molecular flexibility index (Phi) is 4.50. The lowest BCUT2D eigenvalue weighted by atomic mass is 9.81. The third kappa shape index (κ3) is 3.18. The standard InChI is InChI=1S/C17H24FNO3/c18-15-3-1-14(2-4-15)7-16(10-20)5-6-19(8-16)9-17(11-21)12-22-13-17/h1-4,20-21H,5-13H2. The number of nitrogens with zero attached hydrogens (tertiary/aromatic N) is 1. The lowest BCUT2D eigenvalue weighted by Crippen LogP contribution is -2.53. The highest BCUT2D eigenvalue weighted by Gasteiger charge is 2.44. The van der Waals surface area contributed by atoms with E-state index >= 15 is 0 Å². The van der Waals surface area contributed by atoms with E-state index < -0.39 is 0 Å². The summed E-state index contributed by atoms with van der Waals surface area (Å²) in [6.07, 6.45) is 1.67. The maximum absolute atomic E-state index is 13.0. The fourth-order valence-corrected chi connectivity index (χ4v) is 3.62. The van der Waals surface area contributed by atoms with Crippen molar-refractivity contribution in [3.05, 3.63) is 35.6 Å². The number of hydrogen-bond acceptors (Lipinski definition) is 4. The first kappa shape index (κ1) is 15.9. The van der Waals surface area contributed by atoms with Gasteiger partial charge in [0.15, 0.2) is 0 Å². The van der Waals surface area contributed by atoms with Crippen molar-refractivity contribution < 1.29 is 19.3 Å². The van der Waals surface area contributed by atoms with Crippen LogP contribution in [0.3, 0.4) is 0 Å². The second-order valence-corrected chi connectivity index (χ2v) is 7.07. The quantitative estimate of drug-likeness (QED) is 0.825. The van der Waals surface area contributed by atoms with Crippen LogP contribution in [0.2, 0.25) is 0 Å². The summed E-state index contributed by atoms with van der Waals surface area (Å²) in [6, 6.07) is 6.54. The van der Waals surface area contributed by atoms with Crippen LogP contribution in [0.25, 0.3) is 0 Å². The van der Waals surface area contributed by atoms with Crippen LogP contribution in [-0.4, -0.2) is 61.2 Å². The lowest BCUT2D eigenvalue weighted by molar-refractivity contribution is -0.147. The highest BCUT2D eigenvalue weighted by molar-refractivity contribution is 5.18. The number of hydrogen-bond donors (Lipinski definition) is 2. The Morgan fingerprint density at radius 2 is 1.77 bits per heavy atom. The van der Waals surface area contributed by atoms with Gasteiger partial charge < -0.3 is 19.8 Å². The molecule has 1 aromatic rings. The molecule has 0 spiro atoms. The number of aliphatic hydroxyl groups is 2. The number of likely N-dealkylation sites (tertiary alicyclic amines) is 1. The summed E-state index contributed by atoms with van der Waals surface area (Å²) in [5.41, 5.74) is 0.765. The zero-order valence-corrected chi connectivity index (χ0v) is 12.8. The van der Waals surface area contributed by atoms with Crippen molar-refractivity contribution in [1.29, 1.82) is 0 Å². The van der Waals surface area contributed by atoms with E-state index in [0.717, 1.165) is 38.0 Å². The first-order valence-electron chi connectivity index (χ1n) is 7.85. The van der Waals surface area contributed by atoms with E-state index in [-0.39, 0.29) is 29.9 Å². The maximum Gasteiger partial charge on any atom is 0.123 e. The molecule has 2 aliphatic heterocycles. The monoisotopic (exact) mass is 309 g/mol. The lowest BCUT2D eigenvalue weighted by Gasteiger charge is -2.42. The number of halogens is 1. The van der Waals surface area contributed by atoms with E-state index in [4.69, 9.17) is 4.74 Å². The number of benzene rings is 1. The first-order valence-corrected chi connectivity index (χ1v) is 7.85. The Hall–Kier alpha value is -1.01. The Morgan fingerprint density at radius 1 is 1.09 bits per heavy atom. The van der Waals surface area contributed by atoms with Crippen LogP contribution < -0.4 is 0 Å². The van der Waals surface area contributed by atoms with E-state index in [1.807, 2.05) is 0 Å². The highest BCUT2D eigenvalue weighted by atomic mass is 19.1. The Labute approximate surface area is 130 Å². The molecule has 22 heavy (non-hydrogen) atoms.